The molecule has 2 amide bonds. The smallest absolute Gasteiger partial charge is 0.410 e. The number of thioether (sulfide) groups is 1. The molecule has 3 heterocycles. The molecule has 23 heavy (non-hydrogen) atoms. The van der Waals surface area contributed by atoms with Gasteiger partial charge in [0.1, 0.15) is 5.60 Å². The minimum Gasteiger partial charge on any atom is -0.441 e. The zero-order valence-corrected chi connectivity index (χ0v) is 14.5. The number of amides is 2. The number of nitrogens with zero attached hydrogens (tertiary/aromatic N) is 4. The molecule has 1 atom stereocenters. The Labute approximate surface area is 142 Å². The van der Waals surface area contributed by atoms with E-state index in [0.717, 1.165) is 12.8 Å². The number of hydrogen-bond acceptors (Lipinski definition) is 8. The molecule has 1 aromatic heterocycles. The first kappa shape index (κ1) is 16.3. The number of likely N-dealkylation sites (N-methyl/N-ethyl adjacent to an activating group) is 1. The van der Waals surface area contributed by atoms with Gasteiger partial charge in [0.05, 0.1) is 12.3 Å². The molecular formula is C13H19N5O3S2. The SMILES string of the molecule is CN1CC2(CCCN(C(=O)CSc3nnc(N)s3)CC2)OC1=O. The predicted octanol–water partition coefficient (Wildman–Crippen LogP) is 1.05. The van der Waals surface area contributed by atoms with Crippen molar-refractivity contribution in [1.82, 2.24) is 20.0 Å². The van der Waals surface area contributed by atoms with Crippen LogP contribution < -0.4 is 5.73 Å². The Morgan fingerprint density at radius 2 is 2.26 bits per heavy atom. The molecule has 0 saturated carbocycles. The molecule has 3 rings (SSSR count). The minimum atomic E-state index is -0.429. The topological polar surface area (TPSA) is 102 Å². The van der Waals surface area contributed by atoms with Crippen molar-refractivity contribution in [1.29, 1.82) is 0 Å². The Hall–Kier alpha value is -1.55. The molecule has 10 heteroatoms. The second-order valence-electron chi connectivity index (χ2n) is 5.84. The van der Waals surface area contributed by atoms with Crippen molar-refractivity contribution in [2.75, 3.05) is 38.2 Å². The molecule has 2 N–H and O–H groups in total. The lowest BCUT2D eigenvalue weighted by Crippen LogP contribution is -2.37. The molecule has 8 nitrogen and oxygen atoms in total. The van der Waals surface area contributed by atoms with Gasteiger partial charge in [-0.1, -0.05) is 23.1 Å². The average Bonchev–Trinajstić information content (AvgIpc) is 2.96. The van der Waals surface area contributed by atoms with Crippen LogP contribution >= 0.6 is 23.1 Å². The summed E-state index contributed by atoms with van der Waals surface area (Å²) in [5, 5.41) is 8.04. The number of aromatic nitrogens is 2. The van der Waals surface area contributed by atoms with E-state index in [1.54, 1.807) is 11.9 Å². The van der Waals surface area contributed by atoms with E-state index in [4.69, 9.17) is 10.5 Å². The lowest BCUT2D eigenvalue weighted by atomic mass is 9.95. The van der Waals surface area contributed by atoms with Gasteiger partial charge in [-0.2, -0.15) is 0 Å². The zero-order valence-electron chi connectivity index (χ0n) is 12.9. The maximum atomic E-state index is 12.4. The summed E-state index contributed by atoms with van der Waals surface area (Å²) in [6, 6.07) is 0. The summed E-state index contributed by atoms with van der Waals surface area (Å²) in [5.41, 5.74) is 5.10. The van der Waals surface area contributed by atoms with Gasteiger partial charge in [0.15, 0.2) is 4.34 Å². The fourth-order valence-corrected chi connectivity index (χ4v) is 4.50. The second-order valence-corrected chi connectivity index (χ2v) is 8.07. The highest BCUT2D eigenvalue weighted by molar-refractivity contribution is 8.01. The molecule has 0 bridgehead atoms. The minimum absolute atomic E-state index is 0.0681. The lowest BCUT2D eigenvalue weighted by Gasteiger charge is -2.25. The third-order valence-electron chi connectivity index (χ3n) is 4.13. The lowest BCUT2D eigenvalue weighted by molar-refractivity contribution is -0.128. The van der Waals surface area contributed by atoms with Gasteiger partial charge in [-0.3, -0.25) is 4.79 Å². The van der Waals surface area contributed by atoms with Crippen molar-refractivity contribution >= 4 is 40.2 Å². The van der Waals surface area contributed by atoms with Gasteiger partial charge in [0.2, 0.25) is 11.0 Å². The molecular weight excluding hydrogens is 338 g/mol. The number of nitrogen functional groups attached to an aromatic ring is 1. The number of carbonyl (C=O) groups is 2. The maximum absolute atomic E-state index is 12.4. The highest BCUT2D eigenvalue weighted by Gasteiger charge is 2.44. The van der Waals surface area contributed by atoms with E-state index in [0.29, 0.717) is 41.3 Å². The summed E-state index contributed by atoms with van der Waals surface area (Å²) in [6.07, 6.45) is 2.05. The van der Waals surface area contributed by atoms with E-state index >= 15 is 0 Å². The van der Waals surface area contributed by atoms with E-state index < -0.39 is 5.60 Å². The van der Waals surface area contributed by atoms with Crippen molar-refractivity contribution in [2.45, 2.75) is 29.2 Å². The largest absolute Gasteiger partial charge is 0.441 e. The molecule has 126 valence electrons. The van der Waals surface area contributed by atoms with Crippen LogP contribution in [0.25, 0.3) is 0 Å². The normalized spacial score (nSPS) is 24.8. The van der Waals surface area contributed by atoms with Crippen molar-refractivity contribution < 1.29 is 14.3 Å². The van der Waals surface area contributed by atoms with Crippen LogP contribution in [-0.2, 0) is 9.53 Å². The molecule has 2 aliphatic rings. The molecule has 0 radical (unpaired) electrons. The number of likely N-dealkylation sites (tertiary alicyclic amines) is 1. The Kier molecular flexibility index (Phi) is 4.62. The van der Waals surface area contributed by atoms with Gasteiger partial charge < -0.3 is 20.3 Å². The third kappa shape index (κ3) is 3.69. The van der Waals surface area contributed by atoms with Crippen LogP contribution in [0.15, 0.2) is 4.34 Å². The van der Waals surface area contributed by atoms with Gasteiger partial charge in [-0.25, -0.2) is 4.79 Å². The Morgan fingerprint density at radius 3 is 2.91 bits per heavy atom. The van der Waals surface area contributed by atoms with Crippen LogP contribution in [0.3, 0.4) is 0 Å². The summed E-state index contributed by atoms with van der Waals surface area (Å²) >= 11 is 2.64. The van der Waals surface area contributed by atoms with Crippen molar-refractivity contribution in [2.24, 2.45) is 0 Å². The summed E-state index contributed by atoms with van der Waals surface area (Å²) in [5.74, 6) is 0.389. The van der Waals surface area contributed by atoms with E-state index in [-0.39, 0.29) is 12.0 Å². The summed E-state index contributed by atoms with van der Waals surface area (Å²) in [4.78, 5) is 27.5. The molecule has 2 saturated heterocycles. The molecule has 2 aliphatic heterocycles. The fourth-order valence-electron chi connectivity index (χ4n) is 2.96. The standard InChI is InChI=1S/C13H19N5O3S2/c1-17-8-13(21-12(17)20)3-2-5-18(6-4-13)9(19)7-22-11-16-15-10(14)23-11/h2-8H2,1H3,(H2,14,15). The van der Waals surface area contributed by atoms with Gasteiger partial charge in [0.25, 0.3) is 0 Å². The molecule has 0 aliphatic carbocycles. The summed E-state index contributed by atoms with van der Waals surface area (Å²) in [6.45, 7) is 1.91. The second kappa shape index (κ2) is 6.52. The van der Waals surface area contributed by atoms with Gasteiger partial charge in [0, 0.05) is 26.6 Å². The fraction of sp³-hybridized carbons (Fsp3) is 0.692. The first-order valence-corrected chi connectivity index (χ1v) is 9.21. The first-order chi connectivity index (χ1) is 11.0. The molecule has 1 aromatic rings. The van der Waals surface area contributed by atoms with Crippen LogP contribution in [0.5, 0.6) is 0 Å². The average molecular weight is 357 g/mol. The van der Waals surface area contributed by atoms with Gasteiger partial charge in [-0.15, -0.1) is 10.2 Å². The predicted molar refractivity (Wildman–Crippen MR) is 87.3 cm³/mol. The van der Waals surface area contributed by atoms with E-state index in [9.17, 15) is 9.59 Å². The van der Waals surface area contributed by atoms with Crippen LogP contribution in [0.2, 0.25) is 0 Å². The number of ether oxygens (including phenoxy) is 1. The van der Waals surface area contributed by atoms with Crippen molar-refractivity contribution in [3.8, 4) is 0 Å². The van der Waals surface area contributed by atoms with Crippen molar-refractivity contribution in [3.63, 3.8) is 0 Å². The van der Waals surface area contributed by atoms with E-state index in [1.807, 2.05) is 4.90 Å². The van der Waals surface area contributed by atoms with Gasteiger partial charge >= 0.3 is 6.09 Å². The summed E-state index contributed by atoms with van der Waals surface area (Å²) < 4.78 is 6.26. The first-order valence-electron chi connectivity index (χ1n) is 7.41. The van der Waals surface area contributed by atoms with Crippen LogP contribution in [0.4, 0.5) is 9.93 Å². The monoisotopic (exact) mass is 357 g/mol. The highest BCUT2D eigenvalue weighted by atomic mass is 32.2. The third-order valence-corrected chi connectivity index (χ3v) is 6.00. The van der Waals surface area contributed by atoms with Crippen LogP contribution in [0.1, 0.15) is 19.3 Å². The zero-order chi connectivity index (χ0) is 16.4. The van der Waals surface area contributed by atoms with Crippen LogP contribution in [0, 0.1) is 0 Å². The van der Waals surface area contributed by atoms with Crippen LogP contribution in [-0.4, -0.2) is 70.0 Å². The maximum Gasteiger partial charge on any atom is 0.410 e. The quantitative estimate of drug-likeness (QED) is 0.807. The molecule has 1 spiro atoms. The number of anilines is 1. The summed E-state index contributed by atoms with van der Waals surface area (Å²) in [7, 11) is 1.75. The number of carbonyl (C=O) groups excluding carboxylic acids is 2. The Morgan fingerprint density at radius 1 is 1.43 bits per heavy atom. The number of rotatable bonds is 3. The van der Waals surface area contributed by atoms with E-state index in [1.165, 1.54) is 23.1 Å². The highest BCUT2D eigenvalue weighted by Crippen LogP contribution is 2.33. The van der Waals surface area contributed by atoms with Crippen molar-refractivity contribution in [3.05, 3.63) is 0 Å². The molecule has 2 fully saturated rings. The van der Waals surface area contributed by atoms with Gasteiger partial charge in [-0.05, 0) is 12.8 Å². The Bertz CT molecular complexity index is 610. The molecule has 0 aromatic carbocycles. The van der Waals surface area contributed by atoms with E-state index in [2.05, 4.69) is 10.2 Å². The number of hydrogen-bond donors (Lipinski definition) is 1. The molecule has 1 unspecified atom stereocenters. The number of nitrogens with two attached hydrogens (primary N) is 1. The Balaban J connectivity index is 1.53.